The molecule has 1 amide bonds. The molecule has 0 saturated carbocycles. The summed E-state index contributed by atoms with van der Waals surface area (Å²) in [7, 11) is 0. The first-order chi connectivity index (χ1) is 15.1. The molecular formula is C24H23N5OS. The predicted octanol–water partition coefficient (Wildman–Crippen LogP) is 4.35. The normalized spacial score (nSPS) is 10.8. The Morgan fingerprint density at radius 2 is 1.77 bits per heavy atom. The van der Waals surface area contributed by atoms with Crippen LogP contribution in [0.3, 0.4) is 0 Å². The van der Waals surface area contributed by atoms with Crippen LogP contribution in [0.4, 0.5) is 0 Å². The van der Waals surface area contributed by atoms with Gasteiger partial charge in [0.25, 0.3) is 0 Å². The van der Waals surface area contributed by atoms with E-state index in [9.17, 15) is 4.79 Å². The molecule has 0 atom stereocenters. The quantitative estimate of drug-likeness (QED) is 0.442. The molecule has 0 radical (unpaired) electrons. The van der Waals surface area contributed by atoms with Crippen molar-refractivity contribution in [2.75, 3.05) is 5.75 Å². The maximum absolute atomic E-state index is 12.4. The average Bonchev–Trinajstić information content (AvgIpc) is 3.21. The molecule has 0 spiro atoms. The highest BCUT2D eigenvalue weighted by Crippen LogP contribution is 2.29. The highest BCUT2D eigenvalue weighted by atomic mass is 32.2. The summed E-state index contributed by atoms with van der Waals surface area (Å²) in [6.45, 7) is 4.64. The van der Waals surface area contributed by atoms with E-state index >= 15 is 0 Å². The fourth-order valence-corrected chi connectivity index (χ4v) is 4.08. The van der Waals surface area contributed by atoms with Gasteiger partial charge in [-0.25, -0.2) is 0 Å². The van der Waals surface area contributed by atoms with Crippen LogP contribution in [0.15, 0.2) is 78.2 Å². The molecule has 0 aliphatic rings. The van der Waals surface area contributed by atoms with Crippen molar-refractivity contribution in [3.05, 3.63) is 89.7 Å². The number of pyridine rings is 1. The number of nitrogens with one attached hydrogen (secondary N) is 1. The average molecular weight is 430 g/mol. The van der Waals surface area contributed by atoms with Crippen molar-refractivity contribution in [1.82, 2.24) is 25.1 Å². The van der Waals surface area contributed by atoms with Gasteiger partial charge < -0.3 is 5.32 Å². The molecule has 1 N–H and O–H groups in total. The molecule has 4 aromatic rings. The van der Waals surface area contributed by atoms with Crippen molar-refractivity contribution >= 4 is 17.7 Å². The molecular weight excluding hydrogens is 406 g/mol. The maximum Gasteiger partial charge on any atom is 0.230 e. The van der Waals surface area contributed by atoms with Gasteiger partial charge in [-0.15, -0.1) is 10.2 Å². The molecule has 7 heteroatoms. The molecule has 2 aromatic heterocycles. The molecule has 0 unspecified atom stereocenters. The summed E-state index contributed by atoms with van der Waals surface area (Å²) in [5.41, 5.74) is 5.29. The van der Waals surface area contributed by atoms with Crippen molar-refractivity contribution in [3.63, 3.8) is 0 Å². The van der Waals surface area contributed by atoms with Gasteiger partial charge >= 0.3 is 0 Å². The Bertz CT molecular complexity index is 1180. The van der Waals surface area contributed by atoms with Crippen LogP contribution >= 0.6 is 11.8 Å². The van der Waals surface area contributed by atoms with Gasteiger partial charge in [0.1, 0.15) is 0 Å². The number of amides is 1. The van der Waals surface area contributed by atoms with Crippen LogP contribution < -0.4 is 5.32 Å². The molecule has 2 heterocycles. The van der Waals surface area contributed by atoms with E-state index in [-0.39, 0.29) is 11.7 Å². The van der Waals surface area contributed by atoms with E-state index in [1.165, 1.54) is 17.3 Å². The summed E-state index contributed by atoms with van der Waals surface area (Å²) in [4.78, 5) is 16.5. The van der Waals surface area contributed by atoms with Gasteiger partial charge in [-0.3, -0.25) is 14.3 Å². The van der Waals surface area contributed by atoms with Crippen molar-refractivity contribution in [3.8, 4) is 17.1 Å². The van der Waals surface area contributed by atoms with Crippen LogP contribution in [0, 0.1) is 13.8 Å². The van der Waals surface area contributed by atoms with Gasteiger partial charge in [-0.1, -0.05) is 59.8 Å². The molecule has 0 saturated heterocycles. The molecule has 156 valence electrons. The van der Waals surface area contributed by atoms with Crippen LogP contribution in [0.25, 0.3) is 17.1 Å². The standard InChI is InChI=1S/C24H23N5OS/c1-17-8-9-21(18(2)14-17)29-23(20-10-12-25-13-11-20)27-28-24(29)31-16-22(30)26-15-19-6-4-3-5-7-19/h3-14H,15-16H2,1-2H3,(H,26,30). The van der Waals surface area contributed by atoms with Gasteiger partial charge in [-0.2, -0.15) is 0 Å². The highest BCUT2D eigenvalue weighted by Gasteiger charge is 2.18. The number of hydrogen-bond acceptors (Lipinski definition) is 5. The minimum atomic E-state index is -0.0468. The van der Waals surface area contributed by atoms with E-state index in [0.717, 1.165) is 28.2 Å². The zero-order chi connectivity index (χ0) is 21.6. The monoisotopic (exact) mass is 429 g/mol. The third kappa shape index (κ3) is 5.00. The van der Waals surface area contributed by atoms with E-state index in [1.807, 2.05) is 47.0 Å². The summed E-state index contributed by atoms with van der Waals surface area (Å²) in [5, 5.41) is 12.5. The number of nitrogens with zero attached hydrogens (tertiary/aromatic N) is 4. The second-order valence-corrected chi connectivity index (χ2v) is 8.16. The number of thioether (sulfide) groups is 1. The number of benzene rings is 2. The Morgan fingerprint density at radius 1 is 1.00 bits per heavy atom. The van der Waals surface area contributed by atoms with Crippen molar-refractivity contribution in [1.29, 1.82) is 0 Å². The predicted molar refractivity (Wildman–Crippen MR) is 123 cm³/mol. The number of aromatic nitrogens is 4. The van der Waals surface area contributed by atoms with Gasteiger partial charge in [0.15, 0.2) is 11.0 Å². The fraction of sp³-hybridized carbons (Fsp3) is 0.167. The minimum Gasteiger partial charge on any atom is -0.351 e. The Morgan fingerprint density at radius 3 is 2.52 bits per heavy atom. The largest absolute Gasteiger partial charge is 0.351 e. The number of hydrogen-bond donors (Lipinski definition) is 1. The zero-order valence-corrected chi connectivity index (χ0v) is 18.3. The second kappa shape index (κ2) is 9.57. The summed E-state index contributed by atoms with van der Waals surface area (Å²) >= 11 is 1.38. The van der Waals surface area contributed by atoms with Gasteiger partial charge in [0.05, 0.1) is 11.4 Å². The molecule has 6 nitrogen and oxygen atoms in total. The molecule has 0 fully saturated rings. The Balaban J connectivity index is 1.57. The van der Waals surface area contributed by atoms with Gasteiger partial charge in [0.2, 0.25) is 5.91 Å². The summed E-state index contributed by atoms with van der Waals surface area (Å²) < 4.78 is 2.01. The summed E-state index contributed by atoms with van der Waals surface area (Å²) in [5.74, 6) is 0.933. The van der Waals surface area contributed by atoms with Crippen LogP contribution in [-0.2, 0) is 11.3 Å². The fourth-order valence-electron chi connectivity index (χ4n) is 3.30. The first-order valence-electron chi connectivity index (χ1n) is 9.98. The van der Waals surface area contributed by atoms with Gasteiger partial charge in [-0.05, 0) is 43.2 Å². The molecule has 31 heavy (non-hydrogen) atoms. The Labute approximate surface area is 185 Å². The molecule has 4 rings (SSSR count). The number of rotatable bonds is 7. The van der Waals surface area contributed by atoms with Crippen LogP contribution in [0.2, 0.25) is 0 Å². The van der Waals surface area contributed by atoms with E-state index in [4.69, 9.17) is 0 Å². The first-order valence-corrected chi connectivity index (χ1v) is 11.0. The SMILES string of the molecule is Cc1ccc(-n2c(SCC(=O)NCc3ccccc3)nnc2-c2ccncc2)c(C)c1. The minimum absolute atomic E-state index is 0.0468. The summed E-state index contributed by atoms with van der Waals surface area (Å²) in [6, 6.07) is 19.9. The number of carbonyl (C=O) groups is 1. The number of carbonyl (C=O) groups excluding carboxylic acids is 1. The third-order valence-electron chi connectivity index (χ3n) is 4.83. The lowest BCUT2D eigenvalue weighted by molar-refractivity contribution is -0.118. The second-order valence-electron chi connectivity index (χ2n) is 7.22. The van der Waals surface area contributed by atoms with E-state index in [1.54, 1.807) is 12.4 Å². The topological polar surface area (TPSA) is 72.7 Å². The molecule has 0 aliphatic carbocycles. The summed E-state index contributed by atoms with van der Waals surface area (Å²) in [6.07, 6.45) is 3.47. The third-order valence-corrected chi connectivity index (χ3v) is 5.76. The van der Waals surface area contributed by atoms with Gasteiger partial charge in [0, 0.05) is 24.5 Å². The van der Waals surface area contributed by atoms with Crippen molar-refractivity contribution in [2.45, 2.75) is 25.5 Å². The van der Waals surface area contributed by atoms with Crippen LogP contribution in [0.5, 0.6) is 0 Å². The molecule has 0 bridgehead atoms. The highest BCUT2D eigenvalue weighted by molar-refractivity contribution is 7.99. The molecule has 2 aromatic carbocycles. The number of aryl methyl sites for hydroxylation is 2. The first kappa shape index (κ1) is 20.8. The zero-order valence-electron chi connectivity index (χ0n) is 17.4. The Hall–Kier alpha value is -3.45. The van der Waals surface area contributed by atoms with E-state index < -0.39 is 0 Å². The lowest BCUT2D eigenvalue weighted by Crippen LogP contribution is -2.24. The van der Waals surface area contributed by atoms with E-state index in [2.05, 4.69) is 52.5 Å². The lowest BCUT2D eigenvalue weighted by Gasteiger charge is -2.13. The van der Waals surface area contributed by atoms with Crippen molar-refractivity contribution < 1.29 is 4.79 Å². The van der Waals surface area contributed by atoms with Crippen molar-refractivity contribution in [2.24, 2.45) is 0 Å². The Kier molecular flexibility index (Phi) is 6.43. The lowest BCUT2D eigenvalue weighted by atomic mass is 10.1. The van der Waals surface area contributed by atoms with E-state index in [0.29, 0.717) is 11.7 Å². The van der Waals surface area contributed by atoms with Crippen LogP contribution in [-0.4, -0.2) is 31.4 Å². The smallest absolute Gasteiger partial charge is 0.230 e. The maximum atomic E-state index is 12.4. The molecule has 0 aliphatic heterocycles. The van der Waals surface area contributed by atoms with Crippen LogP contribution in [0.1, 0.15) is 16.7 Å².